The molecule has 102 valence electrons. The fourth-order valence-electron chi connectivity index (χ4n) is 2.26. The van der Waals surface area contributed by atoms with Crippen molar-refractivity contribution in [3.8, 4) is 0 Å². The lowest BCUT2D eigenvalue weighted by atomic mass is 10.1. The zero-order valence-electron chi connectivity index (χ0n) is 11.5. The van der Waals surface area contributed by atoms with E-state index in [-0.39, 0.29) is 12.1 Å². The lowest BCUT2D eigenvalue weighted by molar-refractivity contribution is 0.0672. The number of ether oxygens (including phenoxy) is 1. The third-order valence-corrected chi connectivity index (χ3v) is 3.29. The van der Waals surface area contributed by atoms with Gasteiger partial charge in [0.15, 0.2) is 5.82 Å². The van der Waals surface area contributed by atoms with Gasteiger partial charge < -0.3 is 10.1 Å². The second kappa shape index (κ2) is 6.24. The summed E-state index contributed by atoms with van der Waals surface area (Å²) < 4.78 is 7.59. The van der Waals surface area contributed by atoms with Crippen LogP contribution in [0.3, 0.4) is 0 Å². The van der Waals surface area contributed by atoms with Crippen LogP contribution in [0.1, 0.15) is 45.5 Å². The predicted molar refractivity (Wildman–Crippen MR) is 68.0 cm³/mol. The molecular formula is C12H23N5O. The molecule has 6 heteroatoms. The third kappa shape index (κ3) is 3.26. The summed E-state index contributed by atoms with van der Waals surface area (Å²) in [7, 11) is 0. The van der Waals surface area contributed by atoms with Gasteiger partial charge in [-0.2, -0.15) is 0 Å². The zero-order valence-corrected chi connectivity index (χ0v) is 11.5. The lowest BCUT2D eigenvalue weighted by Crippen LogP contribution is -2.27. The SMILES string of the molecule is CC(C)CNCc1nnnn1C(C)C1CCCO1. The molecule has 2 heterocycles. The summed E-state index contributed by atoms with van der Waals surface area (Å²) in [6.07, 6.45) is 2.48. The highest BCUT2D eigenvalue weighted by Crippen LogP contribution is 2.23. The average molecular weight is 253 g/mol. The van der Waals surface area contributed by atoms with E-state index in [4.69, 9.17) is 4.74 Å². The van der Waals surface area contributed by atoms with E-state index in [0.29, 0.717) is 12.5 Å². The van der Waals surface area contributed by atoms with E-state index < -0.39 is 0 Å². The first-order valence-electron chi connectivity index (χ1n) is 6.77. The van der Waals surface area contributed by atoms with E-state index in [9.17, 15) is 0 Å². The Hall–Kier alpha value is -1.01. The third-order valence-electron chi connectivity index (χ3n) is 3.29. The molecule has 2 atom stereocenters. The Labute approximate surface area is 108 Å². The Bertz CT molecular complexity index is 359. The minimum Gasteiger partial charge on any atom is -0.376 e. The molecule has 6 nitrogen and oxygen atoms in total. The number of rotatable bonds is 6. The zero-order chi connectivity index (χ0) is 13.0. The Morgan fingerprint density at radius 1 is 1.44 bits per heavy atom. The minimum atomic E-state index is 0.207. The van der Waals surface area contributed by atoms with Crippen LogP contribution >= 0.6 is 0 Å². The summed E-state index contributed by atoms with van der Waals surface area (Å²) in [5.74, 6) is 1.52. The number of tetrazole rings is 1. The molecule has 1 aliphatic rings. The molecule has 0 aromatic carbocycles. The van der Waals surface area contributed by atoms with Crippen LogP contribution in [0.2, 0.25) is 0 Å². The lowest BCUT2D eigenvalue weighted by Gasteiger charge is -2.19. The van der Waals surface area contributed by atoms with Crippen molar-refractivity contribution in [1.29, 1.82) is 0 Å². The van der Waals surface area contributed by atoms with Gasteiger partial charge in [-0.3, -0.25) is 0 Å². The topological polar surface area (TPSA) is 64.9 Å². The van der Waals surface area contributed by atoms with E-state index >= 15 is 0 Å². The predicted octanol–water partition coefficient (Wildman–Crippen LogP) is 1.16. The van der Waals surface area contributed by atoms with Crippen LogP contribution in [0, 0.1) is 5.92 Å². The van der Waals surface area contributed by atoms with Crippen LogP contribution in [0.25, 0.3) is 0 Å². The van der Waals surface area contributed by atoms with Gasteiger partial charge in [0.25, 0.3) is 0 Å². The highest BCUT2D eigenvalue weighted by atomic mass is 16.5. The summed E-state index contributed by atoms with van der Waals surface area (Å²) in [6, 6.07) is 0.207. The first kappa shape index (κ1) is 13.4. The average Bonchev–Trinajstić information content (AvgIpc) is 2.98. The Balaban J connectivity index is 1.93. The van der Waals surface area contributed by atoms with Crippen LogP contribution < -0.4 is 5.32 Å². The molecule has 0 amide bonds. The van der Waals surface area contributed by atoms with Crippen molar-refractivity contribution in [2.45, 2.75) is 52.3 Å². The number of hydrogen-bond donors (Lipinski definition) is 1. The van der Waals surface area contributed by atoms with Gasteiger partial charge in [0.05, 0.1) is 18.7 Å². The molecule has 1 fully saturated rings. The van der Waals surface area contributed by atoms with E-state index in [1.54, 1.807) is 0 Å². The number of nitrogens with one attached hydrogen (secondary N) is 1. The molecule has 1 saturated heterocycles. The van der Waals surface area contributed by atoms with Crippen LogP contribution in [0.5, 0.6) is 0 Å². The number of aromatic nitrogens is 4. The van der Waals surface area contributed by atoms with Crippen molar-refractivity contribution in [2.24, 2.45) is 5.92 Å². The number of nitrogens with zero attached hydrogens (tertiary/aromatic N) is 4. The van der Waals surface area contributed by atoms with Crippen LogP contribution in [-0.4, -0.2) is 39.5 Å². The molecule has 2 rings (SSSR count). The molecule has 1 aromatic rings. The monoisotopic (exact) mass is 253 g/mol. The first-order valence-corrected chi connectivity index (χ1v) is 6.77. The van der Waals surface area contributed by atoms with E-state index in [1.165, 1.54) is 0 Å². The smallest absolute Gasteiger partial charge is 0.165 e. The Morgan fingerprint density at radius 3 is 2.94 bits per heavy atom. The maximum Gasteiger partial charge on any atom is 0.165 e. The van der Waals surface area contributed by atoms with E-state index in [0.717, 1.165) is 31.8 Å². The van der Waals surface area contributed by atoms with Crippen LogP contribution in [0.15, 0.2) is 0 Å². The molecule has 0 radical (unpaired) electrons. The van der Waals surface area contributed by atoms with Crippen molar-refractivity contribution in [3.63, 3.8) is 0 Å². The standard InChI is InChI=1S/C12H23N5O/c1-9(2)7-13-8-12-14-15-16-17(12)10(3)11-5-4-6-18-11/h9-11,13H,4-8H2,1-3H3. The van der Waals surface area contributed by atoms with Gasteiger partial charge >= 0.3 is 0 Å². The van der Waals surface area contributed by atoms with Crippen molar-refractivity contribution >= 4 is 0 Å². The molecule has 1 aromatic heterocycles. The summed E-state index contributed by atoms with van der Waals surface area (Å²) in [6.45, 7) is 9.04. The molecule has 18 heavy (non-hydrogen) atoms. The quantitative estimate of drug-likeness (QED) is 0.824. The van der Waals surface area contributed by atoms with Gasteiger partial charge in [-0.25, -0.2) is 4.68 Å². The van der Waals surface area contributed by atoms with Gasteiger partial charge in [0.1, 0.15) is 0 Å². The molecule has 1 N–H and O–H groups in total. The fraction of sp³-hybridized carbons (Fsp3) is 0.917. The summed E-state index contributed by atoms with van der Waals surface area (Å²) in [4.78, 5) is 0. The number of hydrogen-bond acceptors (Lipinski definition) is 5. The highest BCUT2D eigenvalue weighted by molar-refractivity contribution is 4.86. The van der Waals surface area contributed by atoms with E-state index in [1.807, 2.05) is 4.68 Å². The van der Waals surface area contributed by atoms with Crippen molar-refractivity contribution < 1.29 is 4.74 Å². The Morgan fingerprint density at radius 2 is 2.28 bits per heavy atom. The van der Waals surface area contributed by atoms with Gasteiger partial charge in [0, 0.05) is 6.61 Å². The van der Waals surface area contributed by atoms with Gasteiger partial charge in [-0.15, -0.1) is 5.10 Å². The molecule has 0 bridgehead atoms. The molecule has 0 aliphatic carbocycles. The maximum atomic E-state index is 5.70. The van der Waals surface area contributed by atoms with Crippen molar-refractivity contribution in [2.75, 3.05) is 13.2 Å². The largest absolute Gasteiger partial charge is 0.376 e. The molecule has 0 saturated carbocycles. The van der Waals surface area contributed by atoms with Gasteiger partial charge in [-0.1, -0.05) is 13.8 Å². The highest BCUT2D eigenvalue weighted by Gasteiger charge is 2.26. The maximum absolute atomic E-state index is 5.70. The fourth-order valence-corrected chi connectivity index (χ4v) is 2.26. The summed E-state index contributed by atoms with van der Waals surface area (Å²) in [5, 5.41) is 15.3. The van der Waals surface area contributed by atoms with Gasteiger partial charge in [-0.05, 0) is 42.7 Å². The van der Waals surface area contributed by atoms with Crippen LogP contribution in [0.4, 0.5) is 0 Å². The summed E-state index contributed by atoms with van der Waals surface area (Å²) in [5.41, 5.74) is 0. The normalized spacial score (nSPS) is 21.7. The molecule has 2 unspecified atom stereocenters. The molecular weight excluding hydrogens is 230 g/mol. The second-order valence-corrected chi connectivity index (χ2v) is 5.36. The summed E-state index contributed by atoms with van der Waals surface area (Å²) >= 11 is 0. The first-order chi connectivity index (χ1) is 8.68. The van der Waals surface area contributed by atoms with Crippen molar-refractivity contribution in [3.05, 3.63) is 5.82 Å². The van der Waals surface area contributed by atoms with Crippen molar-refractivity contribution in [1.82, 2.24) is 25.5 Å². The molecule has 1 aliphatic heterocycles. The van der Waals surface area contributed by atoms with E-state index in [2.05, 4.69) is 41.6 Å². The molecule has 0 spiro atoms. The Kier molecular flexibility index (Phi) is 4.66. The van der Waals surface area contributed by atoms with Gasteiger partial charge in [0.2, 0.25) is 0 Å². The van der Waals surface area contributed by atoms with Crippen LogP contribution in [-0.2, 0) is 11.3 Å². The minimum absolute atomic E-state index is 0.207. The second-order valence-electron chi connectivity index (χ2n) is 5.36.